The van der Waals surface area contributed by atoms with E-state index in [-0.39, 0.29) is 24.4 Å². The van der Waals surface area contributed by atoms with Crippen molar-refractivity contribution in [1.29, 1.82) is 0 Å². The van der Waals surface area contributed by atoms with E-state index in [0.29, 0.717) is 41.4 Å². The van der Waals surface area contributed by atoms with Gasteiger partial charge in [0.1, 0.15) is 0 Å². The molecule has 0 bridgehead atoms. The highest BCUT2D eigenvalue weighted by Crippen LogP contribution is 2.29. The van der Waals surface area contributed by atoms with Crippen molar-refractivity contribution in [1.82, 2.24) is 29.3 Å². The number of nitrogens with one attached hydrogen (secondary N) is 1. The van der Waals surface area contributed by atoms with Crippen molar-refractivity contribution in [3.8, 4) is 0 Å². The summed E-state index contributed by atoms with van der Waals surface area (Å²) in [5.41, 5.74) is 4.53. The molecule has 11 nitrogen and oxygen atoms in total. The van der Waals surface area contributed by atoms with Gasteiger partial charge in [-0.25, -0.2) is 27.4 Å². The molecule has 0 saturated carbocycles. The second kappa shape index (κ2) is 11.6. The predicted octanol–water partition coefficient (Wildman–Crippen LogP) is 2.82. The molecule has 3 aliphatic rings. The van der Waals surface area contributed by atoms with Crippen LogP contribution < -0.4 is 5.32 Å². The zero-order valence-electron chi connectivity index (χ0n) is 24.4. The number of hydrogen-bond acceptors (Lipinski definition) is 7. The Morgan fingerprint density at radius 1 is 1.17 bits per heavy atom. The van der Waals surface area contributed by atoms with Crippen molar-refractivity contribution in [2.24, 2.45) is 10.9 Å². The molecule has 12 heteroatoms. The third-order valence-electron chi connectivity index (χ3n) is 8.32. The summed E-state index contributed by atoms with van der Waals surface area (Å²) in [6, 6.07) is 2.25. The maximum absolute atomic E-state index is 13.5. The van der Waals surface area contributed by atoms with Crippen molar-refractivity contribution in [2.75, 3.05) is 39.0 Å². The summed E-state index contributed by atoms with van der Waals surface area (Å²) in [6.45, 7) is 10.6. The number of sulfonamides is 1. The van der Waals surface area contributed by atoms with Gasteiger partial charge >= 0.3 is 0 Å². The SMILES string of the molecule is CC1=CC(C)=NC(=O)C1CNC(=O)c1cc(C2=CCN(C3CCN(S(C)(=O)=O)CC3)CC2)nc2c1cnn2C(C)C. The molecule has 2 aromatic heterocycles. The molecule has 0 aromatic carbocycles. The van der Waals surface area contributed by atoms with Gasteiger partial charge in [0.05, 0.1) is 35.0 Å². The molecular weight excluding hydrogens is 542 g/mol. The summed E-state index contributed by atoms with van der Waals surface area (Å²) in [7, 11) is -3.15. The number of carbonyl (C=O) groups excluding carboxylic acids is 2. The second-order valence-electron chi connectivity index (χ2n) is 11.6. The van der Waals surface area contributed by atoms with Gasteiger partial charge in [-0.15, -0.1) is 0 Å². The smallest absolute Gasteiger partial charge is 0.254 e. The molecule has 0 radical (unpaired) electrons. The first kappa shape index (κ1) is 29.3. The van der Waals surface area contributed by atoms with E-state index >= 15 is 0 Å². The lowest BCUT2D eigenvalue weighted by atomic mass is 9.95. The minimum absolute atomic E-state index is 0.0635. The number of fused-ring (bicyclic) bond motifs is 1. The lowest BCUT2D eigenvalue weighted by Gasteiger charge is -2.39. The summed E-state index contributed by atoms with van der Waals surface area (Å²) in [4.78, 5) is 37.4. The molecule has 220 valence electrons. The Hall–Kier alpha value is -3.22. The molecule has 0 aliphatic carbocycles. The Labute approximate surface area is 241 Å². The van der Waals surface area contributed by atoms with Gasteiger partial charge in [0, 0.05) is 50.5 Å². The van der Waals surface area contributed by atoms with E-state index in [1.54, 1.807) is 17.4 Å². The van der Waals surface area contributed by atoms with Crippen LogP contribution in [0, 0.1) is 5.92 Å². The van der Waals surface area contributed by atoms with Crippen LogP contribution in [0.2, 0.25) is 0 Å². The number of piperidine rings is 1. The molecule has 5 heterocycles. The highest BCUT2D eigenvalue weighted by atomic mass is 32.2. The van der Waals surface area contributed by atoms with E-state index < -0.39 is 15.9 Å². The molecule has 1 fully saturated rings. The number of carbonyl (C=O) groups is 2. The molecule has 3 aliphatic heterocycles. The normalized spacial score (nSPS) is 21.7. The van der Waals surface area contributed by atoms with Crippen molar-refractivity contribution in [3.05, 3.63) is 41.2 Å². The molecule has 2 aromatic rings. The van der Waals surface area contributed by atoms with Crippen LogP contribution in [0.4, 0.5) is 0 Å². The van der Waals surface area contributed by atoms with Crippen LogP contribution >= 0.6 is 0 Å². The van der Waals surface area contributed by atoms with Crippen molar-refractivity contribution in [3.63, 3.8) is 0 Å². The van der Waals surface area contributed by atoms with Crippen LogP contribution in [-0.4, -0.2) is 94.9 Å². The fourth-order valence-electron chi connectivity index (χ4n) is 5.98. The molecular formula is C29H39N7O4S. The lowest BCUT2D eigenvalue weighted by molar-refractivity contribution is -0.120. The molecule has 1 atom stereocenters. The summed E-state index contributed by atoms with van der Waals surface area (Å²) >= 11 is 0. The van der Waals surface area contributed by atoms with E-state index in [0.717, 1.165) is 49.2 Å². The third-order valence-corrected chi connectivity index (χ3v) is 9.62. The number of amides is 2. The van der Waals surface area contributed by atoms with Crippen LogP contribution in [0.15, 0.2) is 35.0 Å². The molecule has 1 unspecified atom stereocenters. The Morgan fingerprint density at radius 2 is 1.90 bits per heavy atom. The largest absolute Gasteiger partial charge is 0.351 e. The second-order valence-corrected chi connectivity index (χ2v) is 13.6. The minimum Gasteiger partial charge on any atom is -0.351 e. The van der Waals surface area contributed by atoms with Crippen LogP contribution in [0.25, 0.3) is 16.6 Å². The average Bonchev–Trinajstić information content (AvgIpc) is 3.36. The van der Waals surface area contributed by atoms with Crippen LogP contribution in [0.1, 0.15) is 69.1 Å². The highest BCUT2D eigenvalue weighted by molar-refractivity contribution is 7.88. The van der Waals surface area contributed by atoms with Gasteiger partial charge in [0.2, 0.25) is 10.0 Å². The standard InChI is InChI=1S/C29H39N7O4S/c1-18(2)36-27-25(17-31-36)23(28(37)30-16-24-19(3)14-20(4)32-29(24)38)15-26(33-27)21-6-10-34(11-7-21)22-8-12-35(13-9-22)41(5,39)40/h6,14-15,17-18,22,24H,7-13,16H2,1-5H3,(H,30,37). The fraction of sp³-hybridized carbons (Fsp3) is 0.552. The van der Waals surface area contributed by atoms with Gasteiger partial charge in [-0.1, -0.05) is 11.6 Å². The first-order valence-corrected chi connectivity index (χ1v) is 16.1. The number of rotatable bonds is 7. The number of aromatic nitrogens is 3. The van der Waals surface area contributed by atoms with Crippen LogP contribution in [-0.2, 0) is 14.8 Å². The zero-order valence-corrected chi connectivity index (χ0v) is 25.2. The maximum atomic E-state index is 13.5. The van der Waals surface area contributed by atoms with E-state index in [9.17, 15) is 18.0 Å². The quantitative estimate of drug-likeness (QED) is 0.532. The number of nitrogens with zero attached hydrogens (tertiary/aromatic N) is 6. The van der Waals surface area contributed by atoms with E-state index in [4.69, 9.17) is 4.98 Å². The van der Waals surface area contributed by atoms with Gasteiger partial charge < -0.3 is 5.32 Å². The third kappa shape index (κ3) is 6.19. The van der Waals surface area contributed by atoms with Crippen molar-refractivity contribution < 1.29 is 18.0 Å². The molecule has 1 saturated heterocycles. The van der Waals surface area contributed by atoms with Crippen LogP contribution in [0.5, 0.6) is 0 Å². The topological polar surface area (TPSA) is 130 Å². The van der Waals surface area contributed by atoms with E-state index in [1.807, 2.05) is 37.6 Å². The van der Waals surface area contributed by atoms with Gasteiger partial charge in [-0.3, -0.25) is 14.5 Å². The summed E-state index contributed by atoms with van der Waals surface area (Å²) in [5, 5.41) is 8.15. The Bertz CT molecular complexity index is 1560. The van der Waals surface area contributed by atoms with Gasteiger partial charge in [-0.2, -0.15) is 5.10 Å². The Morgan fingerprint density at radius 3 is 2.51 bits per heavy atom. The van der Waals surface area contributed by atoms with Gasteiger partial charge in [-0.05, 0) is 64.7 Å². The number of pyridine rings is 1. The minimum atomic E-state index is -3.15. The lowest BCUT2D eigenvalue weighted by Crippen LogP contribution is -2.47. The summed E-state index contributed by atoms with van der Waals surface area (Å²) < 4.78 is 27.2. The number of hydrogen-bond donors (Lipinski definition) is 1. The number of aliphatic imine (C=N–C) groups is 1. The highest BCUT2D eigenvalue weighted by Gasteiger charge is 2.30. The Kier molecular flexibility index (Phi) is 8.27. The first-order chi connectivity index (χ1) is 19.4. The molecule has 1 N–H and O–H groups in total. The molecule has 41 heavy (non-hydrogen) atoms. The average molecular weight is 582 g/mol. The Balaban J connectivity index is 1.36. The summed E-state index contributed by atoms with van der Waals surface area (Å²) in [6.07, 6.45) is 9.43. The fourth-order valence-corrected chi connectivity index (χ4v) is 6.86. The molecule has 2 amide bonds. The monoisotopic (exact) mass is 581 g/mol. The van der Waals surface area contributed by atoms with Crippen LogP contribution in [0.3, 0.4) is 0 Å². The molecule has 5 rings (SSSR count). The van der Waals surface area contributed by atoms with E-state index in [2.05, 4.69) is 26.4 Å². The number of dihydropyridines is 1. The zero-order chi connectivity index (χ0) is 29.5. The van der Waals surface area contributed by atoms with E-state index in [1.165, 1.54) is 6.26 Å². The van der Waals surface area contributed by atoms with Gasteiger partial charge in [0.25, 0.3) is 11.8 Å². The molecule has 0 spiro atoms. The van der Waals surface area contributed by atoms with Crippen molar-refractivity contribution >= 4 is 44.2 Å². The number of allylic oxidation sites excluding steroid dienone is 1. The van der Waals surface area contributed by atoms with Gasteiger partial charge in [0.15, 0.2) is 5.65 Å². The predicted molar refractivity (Wildman–Crippen MR) is 159 cm³/mol. The summed E-state index contributed by atoms with van der Waals surface area (Å²) in [5.74, 6) is -0.992. The maximum Gasteiger partial charge on any atom is 0.254 e. The first-order valence-electron chi connectivity index (χ1n) is 14.2. The van der Waals surface area contributed by atoms with Crippen molar-refractivity contribution in [2.45, 2.75) is 59.0 Å².